The Labute approximate surface area is 84.4 Å². The number of aromatic nitrogens is 1. The van der Waals surface area contributed by atoms with E-state index in [0.717, 1.165) is 0 Å². The number of rotatable bonds is 3. The minimum Gasteiger partial charge on any atom is -0.481 e. The third-order valence-electron chi connectivity index (χ3n) is 1.36. The third kappa shape index (κ3) is 3.02. The van der Waals surface area contributed by atoms with Crippen molar-refractivity contribution in [1.29, 1.82) is 0 Å². The van der Waals surface area contributed by atoms with Crippen LogP contribution in [0.25, 0.3) is 0 Å². The van der Waals surface area contributed by atoms with Gasteiger partial charge in [0.2, 0.25) is 0 Å². The summed E-state index contributed by atoms with van der Waals surface area (Å²) in [5.74, 6) is 0.391. The summed E-state index contributed by atoms with van der Waals surface area (Å²) in [5.41, 5.74) is 0. The van der Waals surface area contributed by atoms with Gasteiger partial charge in [0.25, 0.3) is 5.91 Å². The molecule has 70 valence electrons. The van der Waals surface area contributed by atoms with E-state index < -0.39 is 0 Å². The van der Waals surface area contributed by atoms with Gasteiger partial charge in [-0.1, -0.05) is 0 Å². The van der Waals surface area contributed by atoms with E-state index in [1.54, 1.807) is 25.4 Å². The molecule has 0 spiro atoms. The van der Waals surface area contributed by atoms with Crippen LogP contribution in [0.1, 0.15) is 0 Å². The second-order valence-electron chi connectivity index (χ2n) is 2.25. The molecule has 1 N–H and O–H groups in total. The number of hydrogen-bond acceptors (Lipinski definition) is 3. The van der Waals surface area contributed by atoms with Gasteiger partial charge in [-0.2, -0.15) is 0 Å². The van der Waals surface area contributed by atoms with Crippen molar-refractivity contribution >= 4 is 21.8 Å². The van der Waals surface area contributed by atoms with Crippen LogP contribution >= 0.6 is 15.9 Å². The molecule has 1 aromatic heterocycles. The highest BCUT2D eigenvalue weighted by Crippen LogP contribution is 2.20. The normalized spacial score (nSPS) is 9.38. The van der Waals surface area contributed by atoms with Crippen LogP contribution in [0.15, 0.2) is 22.9 Å². The molecular weight excluding hydrogens is 236 g/mol. The quantitative estimate of drug-likeness (QED) is 0.807. The van der Waals surface area contributed by atoms with Gasteiger partial charge in [0, 0.05) is 13.2 Å². The van der Waals surface area contributed by atoms with Crippen molar-refractivity contribution in [2.45, 2.75) is 0 Å². The molecular formula is C8H9BrN2O2. The average Bonchev–Trinajstić information content (AvgIpc) is 2.16. The smallest absolute Gasteiger partial charge is 0.257 e. The highest BCUT2D eigenvalue weighted by molar-refractivity contribution is 9.10. The van der Waals surface area contributed by atoms with Crippen molar-refractivity contribution < 1.29 is 9.53 Å². The Balaban J connectivity index is 2.54. The standard InChI is InChI=1S/C8H9BrN2O2/c1-10-7(12)5-13-6-3-2-4-11-8(6)9/h2-4H,5H2,1H3,(H,10,12). The van der Waals surface area contributed by atoms with Gasteiger partial charge in [-0.05, 0) is 28.1 Å². The number of hydrogen-bond donors (Lipinski definition) is 1. The molecule has 1 rings (SSSR count). The highest BCUT2D eigenvalue weighted by atomic mass is 79.9. The van der Waals surface area contributed by atoms with Gasteiger partial charge >= 0.3 is 0 Å². The Morgan fingerprint density at radius 1 is 1.77 bits per heavy atom. The van der Waals surface area contributed by atoms with Gasteiger partial charge in [-0.15, -0.1) is 0 Å². The number of carbonyl (C=O) groups excluding carboxylic acids is 1. The summed E-state index contributed by atoms with van der Waals surface area (Å²) in [5, 5.41) is 2.46. The first-order valence-electron chi connectivity index (χ1n) is 3.68. The lowest BCUT2D eigenvalue weighted by atomic mass is 10.5. The molecule has 0 aliphatic heterocycles. The summed E-state index contributed by atoms with van der Waals surface area (Å²) >= 11 is 3.20. The van der Waals surface area contributed by atoms with Crippen molar-refractivity contribution in [2.24, 2.45) is 0 Å². The first-order chi connectivity index (χ1) is 6.24. The van der Waals surface area contributed by atoms with Gasteiger partial charge in [0.1, 0.15) is 4.60 Å². The van der Waals surface area contributed by atoms with Gasteiger partial charge < -0.3 is 10.1 Å². The Bertz CT molecular complexity index is 304. The number of carbonyl (C=O) groups is 1. The van der Waals surface area contributed by atoms with Gasteiger partial charge in [0.05, 0.1) is 0 Å². The van der Waals surface area contributed by atoms with E-state index in [4.69, 9.17) is 4.74 Å². The van der Waals surface area contributed by atoms with Crippen LogP contribution < -0.4 is 10.1 Å². The lowest BCUT2D eigenvalue weighted by Gasteiger charge is -2.05. The number of ether oxygens (including phenoxy) is 1. The van der Waals surface area contributed by atoms with E-state index in [1.165, 1.54) is 0 Å². The summed E-state index contributed by atoms with van der Waals surface area (Å²) in [6, 6.07) is 3.48. The molecule has 4 nitrogen and oxygen atoms in total. The molecule has 0 bridgehead atoms. The van der Waals surface area contributed by atoms with Gasteiger partial charge in [-0.3, -0.25) is 4.79 Å². The molecule has 1 heterocycles. The van der Waals surface area contributed by atoms with Crippen molar-refractivity contribution in [3.05, 3.63) is 22.9 Å². The number of amides is 1. The predicted molar refractivity (Wildman–Crippen MR) is 51.5 cm³/mol. The van der Waals surface area contributed by atoms with Gasteiger partial charge in [0.15, 0.2) is 12.4 Å². The average molecular weight is 245 g/mol. The Hall–Kier alpha value is -1.10. The fourth-order valence-electron chi connectivity index (χ4n) is 0.694. The van der Waals surface area contributed by atoms with E-state index in [2.05, 4.69) is 26.2 Å². The highest BCUT2D eigenvalue weighted by Gasteiger charge is 2.03. The molecule has 0 saturated carbocycles. The monoisotopic (exact) mass is 244 g/mol. The van der Waals surface area contributed by atoms with E-state index in [9.17, 15) is 4.79 Å². The molecule has 1 aromatic rings. The maximum atomic E-state index is 10.8. The van der Waals surface area contributed by atoms with Crippen molar-refractivity contribution in [1.82, 2.24) is 10.3 Å². The van der Waals surface area contributed by atoms with Crippen molar-refractivity contribution in [3.8, 4) is 5.75 Å². The van der Waals surface area contributed by atoms with Crippen LogP contribution in [0.2, 0.25) is 0 Å². The van der Waals surface area contributed by atoms with Crippen molar-refractivity contribution in [2.75, 3.05) is 13.7 Å². The van der Waals surface area contributed by atoms with E-state index in [1.807, 2.05) is 0 Å². The maximum Gasteiger partial charge on any atom is 0.257 e. The van der Waals surface area contributed by atoms with E-state index >= 15 is 0 Å². The van der Waals surface area contributed by atoms with Crippen molar-refractivity contribution in [3.63, 3.8) is 0 Å². The molecule has 1 amide bonds. The Morgan fingerprint density at radius 2 is 2.54 bits per heavy atom. The number of nitrogens with one attached hydrogen (secondary N) is 1. The maximum absolute atomic E-state index is 10.8. The largest absolute Gasteiger partial charge is 0.481 e. The summed E-state index contributed by atoms with van der Waals surface area (Å²) in [6.07, 6.45) is 1.64. The van der Waals surface area contributed by atoms with Crippen LogP contribution in [0.5, 0.6) is 5.75 Å². The fourth-order valence-corrected chi connectivity index (χ4v) is 1.06. The summed E-state index contributed by atoms with van der Waals surface area (Å²) < 4.78 is 5.76. The van der Waals surface area contributed by atoms with Crippen LogP contribution in [0.4, 0.5) is 0 Å². The van der Waals surface area contributed by atoms with Crippen LogP contribution in [0.3, 0.4) is 0 Å². The topological polar surface area (TPSA) is 51.2 Å². The Morgan fingerprint density at radius 3 is 3.15 bits per heavy atom. The predicted octanol–water partition coefficient (Wildman–Crippen LogP) is 0.969. The molecule has 0 aliphatic rings. The minimum atomic E-state index is -0.171. The summed E-state index contributed by atoms with van der Waals surface area (Å²) in [7, 11) is 1.56. The number of halogens is 1. The SMILES string of the molecule is CNC(=O)COc1cccnc1Br. The fraction of sp³-hybridized carbons (Fsp3) is 0.250. The molecule has 0 saturated heterocycles. The molecule has 0 atom stereocenters. The summed E-state index contributed by atoms with van der Waals surface area (Å²) in [4.78, 5) is 14.8. The summed E-state index contributed by atoms with van der Waals surface area (Å²) in [6.45, 7) is 0.000787. The van der Waals surface area contributed by atoms with Crippen LogP contribution in [-0.2, 0) is 4.79 Å². The number of nitrogens with zero attached hydrogens (tertiary/aromatic N) is 1. The zero-order chi connectivity index (χ0) is 9.68. The van der Waals surface area contributed by atoms with E-state index in [-0.39, 0.29) is 12.5 Å². The molecule has 13 heavy (non-hydrogen) atoms. The molecule has 0 radical (unpaired) electrons. The van der Waals surface area contributed by atoms with Gasteiger partial charge in [-0.25, -0.2) is 4.98 Å². The third-order valence-corrected chi connectivity index (χ3v) is 1.96. The first kappa shape index (κ1) is 9.98. The zero-order valence-electron chi connectivity index (χ0n) is 7.08. The van der Waals surface area contributed by atoms with Crippen LogP contribution in [0, 0.1) is 0 Å². The van der Waals surface area contributed by atoms with Crippen LogP contribution in [-0.4, -0.2) is 24.5 Å². The molecule has 0 aromatic carbocycles. The lowest BCUT2D eigenvalue weighted by molar-refractivity contribution is -0.122. The Kier molecular flexibility index (Phi) is 3.70. The number of likely N-dealkylation sites (N-methyl/N-ethyl adjacent to an activating group) is 1. The second kappa shape index (κ2) is 4.81. The molecule has 0 fully saturated rings. The molecule has 5 heteroatoms. The van der Waals surface area contributed by atoms with E-state index in [0.29, 0.717) is 10.4 Å². The zero-order valence-corrected chi connectivity index (χ0v) is 8.67. The minimum absolute atomic E-state index is 0.000787. The second-order valence-corrected chi connectivity index (χ2v) is 3.01. The molecule has 0 aliphatic carbocycles. The molecule has 0 unspecified atom stereocenters. The first-order valence-corrected chi connectivity index (χ1v) is 4.47. The number of pyridine rings is 1. The lowest BCUT2D eigenvalue weighted by Crippen LogP contribution is -2.24.